The first-order valence-corrected chi connectivity index (χ1v) is 3.06. The summed E-state index contributed by atoms with van der Waals surface area (Å²) >= 11 is 0. The Kier molecular flexibility index (Phi) is 2.19. The Labute approximate surface area is 62.3 Å². The Bertz CT molecular complexity index is 247. The Morgan fingerprint density at radius 3 is 2.73 bits per heavy atom. The lowest BCUT2D eigenvalue weighted by molar-refractivity contribution is 0.141. The van der Waals surface area contributed by atoms with Crippen molar-refractivity contribution in [2.75, 3.05) is 0 Å². The van der Waals surface area contributed by atoms with Crippen LogP contribution in [0.2, 0.25) is 0 Å². The number of nitrogens with zero attached hydrogens (tertiary/aromatic N) is 2. The molecule has 0 radical (unpaired) electrons. The fraction of sp³-hybridized carbons (Fsp3) is 0.500. The molecule has 0 aliphatic carbocycles. The number of aliphatic hydroxyl groups excluding tert-OH is 1. The predicted molar refractivity (Wildman–Crippen MR) is 34.1 cm³/mol. The van der Waals surface area contributed by atoms with Gasteiger partial charge in [-0.3, -0.25) is 4.68 Å². The van der Waals surface area contributed by atoms with Gasteiger partial charge in [0, 0.05) is 18.8 Å². The molecule has 0 aliphatic rings. The summed E-state index contributed by atoms with van der Waals surface area (Å²) in [6, 6.07) is 0. The van der Waals surface area contributed by atoms with Crippen LogP contribution >= 0.6 is 0 Å². The van der Waals surface area contributed by atoms with Gasteiger partial charge in [-0.1, -0.05) is 0 Å². The monoisotopic (exact) mass is 162 g/mol. The van der Waals surface area contributed by atoms with Crippen molar-refractivity contribution in [3.8, 4) is 0 Å². The van der Waals surface area contributed by atoms with E-state index in [0.717, 1.165) is 0 Å². The second-order valence-electron chi connectivity index (χ2n) is 2.17. The largest absolute Gasteiger partial charge is 0.392 e. The van der Waals surface area contributed by atoms with Gasteiger partial charge in [0.05, 0.1) is 6.61 Å². The van der Waals surface area contributed by atoms with E-state index in [2.05, 4.69) is 5.10 Å². The second kappa shape index (κ2) is 2.96. The zero-order chi connectivity index (χ0) is 8.43. The summed E-state index contributed by atoms with van der Waals surface area (Å²) in [5.41, 5.74) is -0.155. The van der Waals surface area contributed by atoms with Gasteiger partial charge in [0.15, 0.2) is 0 Å². The molecule has 0 aliphatic heterocycles. The molecule has 5 heteroatoms. The van der Waals surface area contributed by atoms with Crippen molar-refractivity contribution in [3.05, 3.63) is 17.5 Å². The van der Waals surface area contributed by atoms with Crippen LogP contribution in [0.3, 0.4) is 0 Å². The minimum atomic E-state index is -2.61. The van der Waals surface area contributed by atoms with Crippen molar-refractivity contribution in [3.63, 3.8) is 0 Å². The van der Waals surface area contributed by atoms with Crippen LogP contribution in [-0.4, -0.2) is 14.9 Å². The van der Waals surface area contributed by atoms with Gasteiger partial charge >= 0.3 is 0 Å². The summed E-state index contributed by atoms with van der Waals surface area (Å²) in [5.74, 6) is 0. The molecule has 11 heavy (non-hydrogen) atoms. The standard InChI is InChI=1S/C6H8F2N2O/c1-10-2-4(3-11)5(9-10)6(7)8/h2,6,11H,3H2,1H3. The zero-order valence-electron chi connectivity index (χ0n) is 5.96. The molecule has 0 saturated heterocycles. The van der Waals surface area contributed by atoms with Crippen LogP contribution in [0, 0.1) is 0 Å². The number of hydrogen-bond donors (Lipinski definition) is 1. The molecule has 1 aromatic rings. The number of aromatic nitrogens is 2. The molecule has 1 N–H and O–H groups in total. The Hall–Kier alpha value is -0.970. The van der Waals surface area contributed by atoms with Crippen LogP contribution in [0.1, 0.15) is 17.7 Å². The van der Waals surface area contributed by atoms with E-state index >= 15 is 0 Å². The normalized spacial score (nSPS) is 11.0. The van der Waals surface area contributed by atoms with Crippen molar-refractivity contribution in [2.24, 2.45) is 7.05 Å². The molecule has 0 fully saturated rings. The molecule has 0 saturated carbocycles. The smallest absolute Gasteiger partial charge is 0.282 e. The summed E-state index contributed by atoms with van der Waals surface area (Å²) in [6.45, 7) is -0.395. The van der Waals surface area contributed by atoms with Gasteiger partial charge in [0.2, 0.25) is 0 Å². The van der Waals surface area contributed by atoms with Gasteiger partial charge in [0.25, 0.3) is 6.43 Å². The number of alkyl halides is 2. The molecule has 0 unspecified atom stereocenters. The number of hydrogen-bond acceptors (Lipinski definition) is 2. The van der Waals surface area contributed by atoms with E-state index in [-0.39, 0.29) is 11.3 Å². The number of aliphatic hydroxyl groups is 1. The average Bonchev–Trinajstić information content (AvgIpc) is 2.30. The third-order valence-corrected chi connectivity index (χ3v) is 1.31. The maximum atomic E-state index is 12.0. The Morgan fingerprint density at radius 2 is 2.36 bits per heavy atom. The molecule has 3 nitrogen and oxygen atoms in total. The molecule has 1 heterocycles. The van der Waals surface area contributed by atoms with Crippen molar-refractivity contribution in [2.45, 2.75) is 13.0 Å². The number of halogens is 2. The highest BCUT2D eigenvalue weighted by Crippen LogP contribution is 2.20. The summed E-state index contributed by atoms with van der Waals surface area (Å²) < 4.78 is 25.3. The maximum absolute atomic E-state index is 12.0. The van der Waals surface area contributed by atoms with E-state index in [9.17, 15) is 8.78 Å². The van der Waals surface area contributed by atoms with Gasteiger partial charge in [-0.2, -0.15) is 5.10 Å². The molecular formula is C6H8F2N2O. The summed E-state index contributed by atoms with van der Waals surface area (Å²) in [5, 5.41) is 12.1. The van der Waals surface area contributed by atoms with E-state index in [4.69, 9.17) is 5.11 Å². The quantitative estimate of drug-likeness (QED) is 0.700. The van der Waals surface area contributed by atoms with E-state index in [0.29, 0.717) is 0 Å². The van der Waals surface area contributed by atoms with E-state index in [1.807, 2.05) is 0 Å². The van der Waals surface area contributed by atoms with E-state index in [1.165, 1.54) is 17.9 Å². The fourth-order valence-electron chi connectivity index (χ4n) is 0.860. The van der Waals surface area contributed by atoms with Gasteiger partial charge < -0.3 is 5.11 Å². The van der Waals surface area contributed by atoms with Crippen molar-refractivity contribution in [1.29, 1.82) is 0 Å². The summed E-state index contributed by atoms with van der Waals surface area (Å²) in [6.07, 6.45) is -1.24. The molecule has 62 valence electrons. The van der Waals surface area contributed by atoms with Gasteiger partial charge in [-0.15, -0.1) is 0 Å². The Balaban J connectivity index is 3.02. The minimum Gasteiger partial charge on any atom is -0.392 e. The zero-order valence-corrected chi connectivity index (χ0v) is 5.96. The molecule has 0 spiro atoms. The van der Waals surface area contributed by atoms with E-state index < -0.39 is 13.0 Å². The van der Waals surface area contributed by atoms with Crippen molar-refractivity contribution < 1.29 is 13.9 Å². The first-order chi connectivity index (χ1) is 5.15. The topological polar surface area (TPSA) is 38.0 Å². The van der Waals surface area contributed by atoms with Crippen LogP contribution in [0.15, 0.2) is 6.20 Å². The van der Waals surface area contributed by atoms with Crippen LogP contribution < -0.4 is 0 Å². The molecule has 0 amide bonds. The fourth-order valence-corrected chi connectivity index (χ4v) is 0.860. The van der Waals surface area contributed by atoms with Gasteiger partial charge in [-0.25, -0.2) is 8.78 Å². The first-order valence-electron chi connectivity index (χ1n) is 3.06. The van der Waals surface area contributed by atoms with Crippen molar-refractivity contribution >= 4 is 0 Å². The number of aryl methyl sites for hydroxylation is 1. The van der Waals surface area contributed by atoms with Crippen LogP contribution in [0.4, 0.5) is 8.78 Å². The molecule has 0 atom stereocenters. The Morgan fingerprint density at radius 1 is 1.73 bits per heavy atom. The van der Waals surface area contributed by atoms with Gasteiger partial charge in [-0.05, 0) is 0 Å². The highest BCUT2D eigenvalue weighted by Gasteiger charge is 2.15. The van der Waals surface area contributed by atoms with Crippen LogP contribution in [0.25, 0.3) is 0 Å². The maximum Gasteiger partial charge on any atom is 0.282 e. The predicted octanol–water partition coefficient (Wildman–Crippen LogP) is 0.850. The first kappa shape index (κ1) is 8.13. The van der Waals surface area contributed by atoms with Gasteiger partial charge in [0.1, 0.15) is 5.69 Å². The SMILES string of the molecule is Cn1cc(CO)c(C(F)F)n1. The lowest BCUT2D eigenvalue weighted by Crippen LogP contribution is -1.92. The second-order valence-corrected chi connectivity index (χ2v) is 2.17. The average molecular weight is 162 g/mol. The molecule has 0 aromatic carbocycles. The molecule has 0 bridgehead atoms. The summed E-state index contributed by atoms with van der Waals surface area (Å²) in [7, 11) is 1.53. The molecule has 1 rings (SSSR count). The van der Waals surface area contributed by atoms with Crippen molar-refractivity contribution in [1.82, 2.24) is 9.78 Å². The van der Waals surface area contributed by atoms with Crippen LogP contribution in [-0.2, 0) is 13.7 Å². The highest BCUT2D eigenvalue weighted by atomic mass is 19.3. The highest BCUT2D eigenvalue weighted by molar-refractivity contribution is 5.16. The molecule has 1 aromatic heterocycles. The minimum absolute atomic E-state index is 0.183. The third kappa shape index (κ3) is 1.54. The molecular weight excluding hydrogens is 154 g/mol. The lowest BCUT2D eigenvalue weighted by Gasteiger charge is -1.94. The van der Waals surface area contributed by atoms with Crippen LogP contribution in [0.5, 0.6) is 0 Å². The number of rotatable bonds is 2. The third-order valence-electron chi connectivity index (χ3n) is 1.31. The summed E-state index contributed by atoms with van der Waals surface area (Å²) in [4.78, 5) is 0. The lowest BCUT2D eigenvalue weighted by atomic mass is 10.3. The van der Waals surface area contributed by atoms with E-state index in [1.54, 1.807) is 0 Å².